The van der Waals surface area contributed by atoms with Crippen LogP contribution in [-0.4, -0.2) is 4.21 Å². The summed E-state index contributed by atoms with van der Waals surface area (Å²) in [7, 11) is -1.13. The first-order valence-corrected chi connectivity index (χ1v) is 7.15. The Morgan fingerprint density at radius 1 is 1.26 bits per heavy atom. The maximum absolute atomic E-state index is 12.3. The molecule has 0 heterocycles. The quantitative estimate of drug-likeness (QED) is 0.872. The first-order valence-electron chi connectivity index (χ1n) is 5.83. The number of benzene rings is 2. The van der Waals surface area contributed by atoms with Crippen LogP contribution < -0.4 is 5.73 Å². The molecule has 0 saturated carbocycles. The van der Waals surface area contributed by atoms with Crippen LogP contribution in [0.5, 0.6) is 0 Å². The van der Waals surface area contributed by atoms with Crippen molar-refractivity contribution in [2.24, 2.45) is 0 Å². The molecular weight excluding hydrogens is 256 g/mol. The van der Waals surface area contributed by atoms with Gasteiger partial charge in [0.05, 0.1) is 28.2 Å². The monoisotopic (exact) mass is 270 g/mol. The molecule has 4 heteroatoms. The van der Waals surface area contributed by atoms with Crippen LogP contribution in [0.3, 0.4) is 0 Å². The molecule has 2 aromatic rings. The minimum absolute atomic E-state index is 0.402. The summed E-state index contributed by atoms with van der Waals surface area (Å²) in [5.41, 5.74) is 8.85. The molecule has 0 amide bonds. The first-order chi connectivity index (χ1) is 9.10. The molecular formula is C15H14N2OS. The van der Waals surface area contributed by atoms with E-state index in [0.29, 0.717) is 17.0 Å². The Bertz CT molecular complexity index is 674. The van der Waals surface area contributed by atoms with Crippen LogP contribution in [0.15, 0.2) is 47.4 Å². The molecule has 1 atom stereocenters. The summed E-state index contributed by atoms with van der Waals surface area (Å²) < 4.78 is 12.3. The van der Waals surface area contributed by atoms with E-state index in [4.69, 9.17) is 11.0 Å². The Morgan fingerprint density at radius 3 is 2.74 bits per heavy atom. The van der Waals surface area contributed by atoms with E-state index in [-0.39, 0.29) is 0 Å². The highest BCUT2D eigenvalue weighted by molar-refractivity contribution is 7.84. The summed E-state index contributed by atoms with van der Waals surface area (Å²) in [6.45, 7) is 1.90. The number of nitriles is 1. The van der Waals surface area contributed by atoms with E-state index in [1.165, 1.54) is 0 Å². The van der Waals surface area contributed by atoms with Gasteiger partial charge in [-0.3, -0.25) is 4.21 Å². The van der Waals surface area contributed by atoms with Crippen molar-refractivity contribution in [3.63, 3.8) is 0 Å². The minimum atomic E-state index is -1.13. The molecule has 0 aliphatic carbocycles. The van der Waals surface area contributed by atoms with E-state index in [2.05, 4.69) is 6.07 Å². The fourth-order valence-corrected chi connectivity index (χ4v) is 2.93. The van der Waals surface area contributed by atoms with Crippen molar-refractivity contribution in [3.05, 3.63) is 59.2 Å². The van der Waals surface area contributed by atoms with Gasteiger partial charge in [-0.25, -0.2) is 0 Å². The number of hydrogen-bond acceptors (Lipinski definition) is 3. The molecule has 96 valence electrons. The highest BCUT2D eigenvalue weighted by atomic mass is 32.2. The standard InChI is InChI=1S/C15H14N2OS/c1-11-7-14(5-6-15(11)17)19(18)10-13-4-2-3-12(8-13)9-16/h2-8H,10,17H2,1H3. The first kappa shape index (κ1) is 13.3. The SMILES string of the molecule is Cc1cc(S(=O)Cc2cccc(C#N)c2)ccc1N. The largest absolute Gasteiger partial charge is 0.399 e. The predicted molar refractivity (Wildman–Crippen MR) is 76.9 cm³/mol. The Morgan fingerprint density at radius 2 is 2.05 bits per heavy atom. The van der Waals surface area contributed by atoms with Gasteiger partial charge in [-0.15, -0.1) is 0 Å². The van der Waals surface area contributed by atoms with Gasteiger partial charge in [0.2, 0.25) is 0 Å². The van der Waals surface area contributed by atoms with E-state index in [0.717, 1.165) is 16.0 Å². The van der Waals surface area contributed by atoms with Crippen LogP contribution >= 0.6 is 0 Å². The van der Waals surface area contributed by atoms with Gasteiger partial charge in [0.1, 0.15) is 0 Å². The third kappa shape index (κ3) is 3.21. The van der Waals surface area contributed by atoms with Gasteiger partial charge in [-0.2, -0.15) is 5.26 Å². The maximum atomic E-state index is 12.3. The number of nitrogen functional groups attached to an aromatic ring is 1. The summed E-state index contributed by atoms with van der Waals surface area (Å²) in [5, 5.41) is 8.84. The topological polar surface area (TPSA) is 66.9 Å². The van der Waals surface area contributed by atoms with Crippen LogP contribution in [-0.2, 0) is 16.6 Å². The molecule has 0 aliphatic rings. The van der Waals surface area contributed by atoms with Crippen LogP contribution in [0.1, 0.15) is 16.7 Å². The molecule has 2 rings (SSSR count). The number of hydrogen-bond donors (Lipinski definition) is 1. The molecule has 0 spiro atoms. The second-order valence-electron chi connectivity index (χ2n) is 4.32. The van der Waals surface area contributed by atoms with Gasteiger partial charge in [-0.05, 0) is 48.4 Å². The van der Waals surface area contributed by atoms with Crippen molar-refractivity contribution < 1.29 is 4.21 Å². The third-order valence-corrected chi connectivity index (χ3v) is 4.23. The Hall–Kier alpha value is -2.12. The lowest BCUT2D eigenvalue weighted by Gasteiger charge is -2.06. The molecule has 1 unspecified atom stereocenters. The molecule has 3 nitrogen and oxygen atoms in total. The number of nitrogens with zero attached hydrogens (tertiary/aromatic N) is 1. The van der Waals surface area contributed by atoms with Crippen molar-refractivity contribution in [1.82, 2.24) is 0 Å². The average molecular weight is 270 g/mol. The van der Waals surface area contributed by atoms with Gasteiger partial charge >= 0.3 is 0 Å². The fraction of sp³-hybridized carbons (Fsp3) is 0.133. The van der Waals surface area contributed by atoms with Crippen molar-refractivity contribution >= 4 is 16.5 Å². The van der Waals surface area contributed by atoms with E-state index in [1.54, 1.807) is 30.3 Å². The third-order valence-electron chi connectivity index (χ3n) is 2.86. The van der Waals surface area contributed by atoms with Crippen molar-refractivity contribution in [3.8, 4) is 6.07 Å². The lowest BCUT2D eigenvalue weighted by atomic mass is 10.2. The van der Waals surface area contributed by atoms with Gasteiger partial charge in [0.25, 0.3) is 0 Å². The lowest BCUT2D eigenvalue weighted by molar-refractivity contribution is 0.682. The smallest absolute Gasteiger partial charge is 0.0991 e. The fourth-order valence-electron chi connectivity index (χ4n) is 1.76. The molecule has 0 aliphatic heterocycles. The van der Waals surface area contributed by atoms with Crippen molar-refractivity contribution in [2.45, 2.75) is 17.6 Å². The Balaban J connectivity index is 2.21. The number of anilines is 1. The number of aryl methyl sites for hydroxylation is 1. The van der Waals surface area contributed by atoms with Crippen LogP contribution in [0.2, 0.25) is 0 Å². The van der Waals surface area contributed by atoms with Gasteiger partial charge < -0.3 is 5.73 Å². The molecule has 2 N–H and O–H groups in total. The lowest BCUT2D eigenvalue weighted by Crippen LogP contribution is -1.99. The van der Waals surface area contributed by atoms with Crippen LogP contribution in [0.25, 0.3) is 0 Å². The summed E-state index contributed by atoms with van der Waals surface area (Å²) in [6.07, 6.45) is 0. The summed E-state index contributed by atoms with van der Waals surface area (Å²) in [5.74, 6) is 0.402. The summed E-state index contributed by atoms with van der Waals surface area (Å²) in [4.78, 5) is 0.758. The highest BCUT2D eigenvalue weighted by Crippen LogP contribution is 2.18. The van der Waals surface area contributed by atoms with Crippen molar-refractivity contribution in [2.75, 3.05) is 5.73 Å². The molecule has 0 saturated heterocycles. The molecule has 0 radical (unpaired) electrons. The maximum Gasteiger partial charge on any atom is 0.0991 e. The second kappa shape index (κ2) is 5.68. The number of rotatable bonds is 3. The zero-order valence-electron chi connectivity index (χ0n) is 10.6. The minimum Gasteiger partial charge on any atom is -0.399 e. The van der Waals surface area contributed by atoms with Crippen LogP contribution in [0, 0.1) is 18.3 Å². The Kier molecular flexibility index (Phi) is 3.98. The van der Waals surface area contributed by atoms with Gasteiger partial charge in [-0.1, -0.05) is 12.1 Å². The normalized spacial score (nSPS) is 11.8. The zero-order valence-corrected chi connectivity index (χ0v) is 11.4. The zero-order chi connectivity index (χ0) is 13.8. The van der Waals surface area contributed by atoms with E-state index < -0.39 is 10.8 Å². The molecule has 19 heavy (non-hydrogen) atoms. The predicted octanol–water partition coefficient (Wildman–Crippen LogP) is 2.76. The molecule has 0 fully saturated rings. The van der Waals surface area contributed by atoms with Gasteiger partial charge in [0, 0.05) is 10.6 Å². The summed E-state index contributed by atoms with van der Waals surface area (Å²) in [6, 6.07) is 14.7. The molecule has 0 bridgehead atoms. The molecule has 0 aromatic heterocycles. The van der Waals surface area contributed by atoms with Crippen molar-refractivity contribution in [1.29, 1.82) is 5.26 Å². The van der Waals surface area contributed by atoms with Gasteiger partial charge in [0.15, 0.2) is 0 Å². The van der Waals surface area contributed by atoms with Crippen LogP contribution in [0.4, 0.5) is 5.69 Å². The Labute approximate surface area is 115 Å². The van der Waals surface area contributed by atoms with E-state index in [1.807, 2.05) is 19.1 Å². The van der Waals surface area contributed by atoms with E-state index in [9.17, 15) is 4.21 Å². The molecule has 2 aromatic carbocycles. The highest BCUT2D eigenvalue weighted by Gasteiger charge is 2.07. The second-order valence-corrected chi connectivity index (χ2v) is 5.77. The summed E-state index contributed by atoms with van der Waals surface area (Å²) >= 11 is 0. The number of nitrogens with two attached hydrogens (primary N) is 1. The van der Waals surface area contributed by atoms with E-state index >= 15 is 0 Å². The average Bonchev–Trinajstić information content (AvgIpc) is 2.42.